The molecule has 0 saturated carbocycles. The van der Waals surface area contributed by atoms with Crippen LogP contribution in [0.3, 0.4) is 0 Å². The van der Waals surface area contributed by atoms with Gasteiger partial charge in [0.05, 0.1) is 24.1 Å². The molecule has 2 fully saturated rings. The molecule has 412 valence electrons. The van der Waals surface area contributed by atoms with Crippen LogP contribution in [0.5, 0.6) is 11.5 Å². The lowest BCUT2D eigenvalue weighted by atomic mass is 10.1. The SMILES string of the molecule is CSC[C@H]1C(=O)NC[C@@H](NC(=O)c2nc3ccccc3cc2O)C(=O)NCC(=O)N(C)[C@H]2CSSC[C@@H](C(=O)N1C)N(C)C(=O)CNC(=O)[C@H](NC(=O)c1nc3ccccc3cc1O)CN(C)C(=O)[C@H](CSC)N(C)C2=O. The van der Waals surface area contributed by atoms with Crippen LogP contribution in [0.1, 0.15) is 21.0 Å². The number of amides is 10. The number of rotatable bonds is 8. The summed E-state index contributed by atoms with van der Waals surface area (Å²) in [5.41, 5.74) is -0.158. The summed E-state index contributed by atoms with van der Waals surface area (Å²) in [6, 6.07) is 7.66. The first-order chi connectivity index (χ1) is 36.7. The minimum Gasteiger partial charge on any atom is -0.505 e. The van der Waals surface area contributed by atoms with Crippen LogP contribution in [-0.2, 0) is 38.4 Å². The summed E-state index contributed by atoms with van der Waals surface area (Å²) in [7, 11) is 8.85. The smallest absolute Gasteiger partial charge is 0.274 e. The minimum atomic E-state index is -1.61. The Kier molecular flexibility index (Phi) is 20.6. The molecule has 0 unspecified atom stereocenters. The van der Waals surface area contributed by atoms with Gasteiger partial charge in [-0.3, -0.25) is 47.9 Å². The van der Waals surface area contributed by atoms with Crippen molar-refractivity contribution in [2.24, 2.45) is 0 Å². The number of aromatic hydroxyl groups is 2. The second kappa shape index (κ2) is 26.8. The van der Waals surface area contributed by atoms with Gasteiger partial charge in [-0.1, -0.05) is 58.0 Å². The van der Waals surface area contributed by atoms with Gasteiger partial charge in [0.2, 0.25) is 47.3 Å². The lowest BCUT2D eigenvalue weighted by Gasteiger charge is -2.36. The fraction of sp³-hybridized carbons (Fsp3) is 0.429. The van der Waals surface area contributed by atoms with E-state index in [1.54, 1.807) is 61.0 Å². The van der Waals surface area contributed by atoms with Crippen LogP contribution in [0.25, 0.3) is 21.8 Å². The van der Waals surface area contributed by atoms with Crippen LogP contribution in [0.15, 0.2) is 60.7 Å². The van der Waals surface area contributed by atoms with Crippen LogP contribution < -0.4 is 26.6 Å². The number of carbonyl (C=O) groups excluding carboxylic acids is 10. The minimum absolute atomic E-state index is 0.0146. The number of benzene rings is 2. The van der Waals surface area contributed by atoms with Crippen molar-refractivity contribution >= 4 is 126 Å². The molecule has 2 aromatic carbocycles. The van der Waals surface area contributed by atoms with Crippen LogP contribution in [0, 0.1) is 0 Å². The normalized spacial score (nSPS) is 22.6. The molecule has 4 heterocycles. The molecule has 2 bridgehead atoms. The summed E-state index contributed by atoms with van der Waals surface area (Å²) in [5.74, 6) is -9.61. The fourth-order valence-electron chi connectivity index (χ4n) is 8.24. The van der Waals surface area contributed by atoms with Crippen molar-refractivity contribution in [1.29, 1.82) is 0 Å². The van der Waals surface area contributed by atoms with Crippen molar-refractivity contribution in [3.05, 3.63) is 72.1 Å². The molecule has 0 aliphatic carbocycles. The van der Waals surface area contributed by atoms with Crippen LogP contribution in [-0.4, -0.2) is 237 Å². The highest BCUT2D eigenvalue weighted by Gasteiger charge is 2.40. The van der Waals surface area contributed by atoms with E-state index in [4.69, 9.17) is 0 Å². The van der Waals surface area contributed by atoms with E-state index < -0.39 is 144 Å². The molecule has 2 aromatic heterocycles. The maximum atomic E-state index is 14.8. The third-order valence-corrected chi connectivity index (χ3v) is 16.6. The van der Waals surface area contributed by atoms with E-state index in [1.165, 1.54) is 70.9 Å². The Bertz CT molecular complexity index is 2940. The Hall–Kier alpha value is -7.04. The largest absolute Gasteiger partial charge is 0.505 e. The summed E-state index contributed by atoms with van der Waals surface area (Å²) >= 11 is 2.43. The number of aromatic nitrogens is 2. The third-order valence-electron chi connectivity index (χ3n) is 12.9. The molecule has 2 aliphatic heterocycles. The summed E-state index contributed by atoms with van der Waals surface area (Å²) in [4.78, 5) is 156. The number of fused-ring (bicyclic) bond motifs is 7. The lowest BCUT2D eigenvalue weighted by Crippen LogP contribution is -2.61. The molecule has 0 radical (unpaired) electrons. The van der Waals surface area contributed by atoms with Crippen LogP contribution in [0.2, 0.25) is 0 Å². The maximum Gasteiger partial charge on any atom is 0.274 e. The quantitative estimate of drug-likeness (QED) is 0.108. The predicted molar refractivity (Wildman–Crippen MR) is 294 cm³/mol. The number of thioether (sulfide) groups is 2. The van der Waals surface area contributed by atoms with Crippen molar-refractivity contribution in [2.45, 2.75) is 36.3 Å². The van der Waals surface area contributed by atoms with Crippen LogP contribution in [0.4, 0.5) is 0 Å². The highest BCUT2D eigenvalue weighted by molar-refractivity contribution is 8.76. The molecular formula is C49H60N12O12S4. The van der Waals surface area contributed by atoms with Gasteiger partial charge < -0.3 is 61.3 Å². The van der Waals surface area contributed by atoms with E-state index in [9.17, 15) is 58.2 Å². The van der Waals surface area contributed by atoms with Gasteiger partial charge in [0.1, 0.15) is 47.8 Å². The summed E-state index contributed by atoms with van der Waals surface area (Å²) in [6.07, 6.45) is 3.39. The Morgan fingerprint density at radius 1 is 0.597 bits per heavy atom. The second-order valence-electron chi connectivity index (χ2n) is 18.0. The monoisotopic (exact) mass is 1140 g/mol. The average molecular weight is 1140 g/mol. The van der Waals surface area contributed by atoms with Crippen molar-refractivity contribution in [3.8, 4) is 11.5 Å². The fourth-order valence-corrected chi connectivity index (χ4v) is 12.1. The molecule has 10 amide bonds. The number of pyridine rings is 2. The number of nitrogens with zero attached hydrogens (tertiary/aromatic N) is 7. The number of carbonyl (C=O) groups is 10. The molecule has 77 heavy (non-hydrogen) atoms. The van der Waals surface area contributed by atoms with Gasteiger partial charge in [0.15, 0.2) is 11.4 Å². The van der Waals surface area contributed by atoms with Gasteiger partial charge in [-0.15, -0.1) is 0 Å². The summed E-state index contributed by atoms with van der Waals surface area (Å²) < 4.78 is 0. The Labute approximate surface area is 459 Å². The maximum absolute atomic E-state index is 14.8. The van der Waals surface area contributed by atoms with E-state index in [-0.39, 0.29) is 23.0 Å². The zero-order valence-electron chi connectivity index (χ0n) is 43.1. The number of hydrogen-bond acceptors (Lipinski definition) is 18. The van der Waals surface area contributed by atoms with E-state index in [1.807, 2.05) is 0 Å². The molecule has 24 nitrogen and oxygen atoms in total. The summed E-state index contributed by atoms with van der Waals surface area (Å²) in [6.45, 7) is -2.56. The average Bonchev–Trinajstić information content (AvgIpc) is 3.41. The summed E-state index contributed by atoms with van der Waals surface area (Å²) in [5, 5.41) is 35.3. The van der Waals surface area contributed by atoms with E-state index in [2.05, 4.69) is 36.6 Å². The van der Waals surface area contributed by atoms with Gasteiger partial charge in [0.25, 0.3) is 11.8 Å². The van der Waals surface area contributed by atoms with Crippen LogP contribution >= 0.6 is 45.1 Å². The Morgan fingerprint density at radius 3 is 1.51 bits per heavy atom. The number of para-hydroxylation sites is 2. The highest BCUT2D eigenvalue weighted by atomic mass is 33.1. The van der Waals surface area contributed by atoms with E-state index >= 15 is 0 Å². The number of nitrogens with one attached hydrogen (secondary N) is 5. The van der Waals surface area contributed by atoms with Gasteiger partial charge in [0, 0.05) is 82.1 Å². The molecule has 6 rings (SSSR count). The molecule has 6 atom stereocenters. The third kappa shape index (κ3) is 14.3. The first kappa shape index (κ1) is 59.2. The van der Waals surface area contributed by atoms with Crippen molar-refractivity contribution < 1.29 is 58.2 Å². The van der Waals surface area contributed by atoms with Gasteiger partial charge in [-0.25, -0.2) is 9.97 Å². The second-order valence-corrected chi connectivity index (χ2v) is 22.4. The zero-order chi connectivity index (χ0) is 56.2. The standard InChI is InChI=1S/C49H60N12O12S4/c1-57-21-31(56-46(70)41-37(63)17-27-13-9-11-15-29(27)54-41)43(67)52-20-39(65)58(2)34-24-76-77-25-35(49(73)61(5)33(23-75-7)47(57)71)59(3)38(64)19-51-42(66)30(18-50-44(68)32(22-74-6)60(4)48(34)72)55-45(69)40-36(62)16-26-12-8-10-14-28(26)53-40/h8-17,30-35,62-63H,18-25H2,1-7H3,(H,50,68)(H,51,66)(H,52,67)(H,55,69)(H,56,70)/t30-,31-,32+,33+,34+,35+/m1/s1. The lowest BCUT2D eigenvalue weighted by molar-refractivity contribution is -0.148. The van der Waals surface area contributed by atoms with Crippen molar-refractivity contribution in [2.75, 3.05) is 96.9 Å². The van der Waals surface area contributed by atoms with E-state index in [0.717, 1.165) is 46.1 Å². The zero-order valence-corrected chi connectivity index (χ0v) is 46.4. The molecule has 7 N–H and O–H groups in total. The van der Waals surface area contributed by atoms with Crippen molar-refractivity contribution in [3.63, 3.8) is 0 Å². The van der Waals surface area contributed by atoms with Crippen molar-refractivity contribution in [1.82, 2.24) is 61.1 Å². The topological polar surface area (TPSA) is 313 Å². The van der Waals surface area contributed by atoms with Gasteiger partial charge in [-0.05, 0) is 36.8 Å². The molecule has 0 spiro atoms. The molecular weight excluding hydrogens is 1080 g/mol. The molecule has 2 saturated heterocycles. The van der Waals surface area contributed by atoms with Gasteiger partial charge in [-0.2, -0.15) is 23.5 Å². The Balaban J connectivity index is 1.38. The first-order valence-corrected chi connectivity index (χ1v) is 29.1. The number of likely N-dealkylation sites (N-methyl/N-ethyl adjacent to an activating group) is 5. The van der Waals surface area contributed by atoms with Gasteiger partial charge >= 0.3 is 0 Å². The Morgan fingerprint density at radius 2 is 1.03 bits per heavy atom. The predicted octanol–water partition coefficient (Wildman–Crippen LogP) is -0.659. The van der Waals surface area contributed by atoms with E-state index in [0.29, 0.717) is 21.8 Å². The first-order valence-electron chi connectivity index (χ1n) is 23.8. The number of hydrogen-bond donors (Lipinski definition) is 7. The highest BCUT2D eigenvalue weighted by Crippen LogP contribution is 2.29. The molecule has 28 heteroatoms. The molecule has 2 aliphatic rings. The molecule has 4 aromatic rings.